The van der Waals surface area contributed by atoms with Gasteiger partial charge in [-0.15, -0.1) is 10.2 Å². The van der Waals surface area contributed by atoms with E-state index in [1.165, 1.54) is 4.90 Å². The smallest absolute Gasteiger partial charge is 0.327 e. The minimum atomic E-state index is -1.05. The fourth-order valence-electron chi connectivity index (χ4n) is 1.61. The topological polar surface area (TPSA) is 101 Å². The second-order valence-electron chi connectivity index (χ2n) is 4.16. The van der Waals surface area contributed by atoms with Gasteiger partial charge in [0.1, 0.15) is 0 Å². The van der Waals surface area contributed by atoms with Crippen LogP contribution in [0.25, 0.3) is 0 Å². The number of carboxylic acid groups (broad SMARTS) is 1. The zero-order valence-electron chi connectivity index (χ0n) is 10.8. The molecule has 1 N–H and O–H groups in total. The largest absolute Gasteiger partial charge is 0.480 e. The van der Waals surface area contributed by atoms with Crippen molar-refractivity contribution in [3.63, 3.8) is 0 Å². The summed E-state index contributed by atoms with van der Waals surface area (Å²) in [6.07, 6.45) is 0. The summed E-state index contributed by atoms with van der Waals surface area (Å²) in [7, 11) is 1.62. The quantitative estimate of drug-likeness (QED) is 0.826. The number of aliphatic carboxylic acids is 1. The van der Waals surface area contributed by atoms with E-state index in [-0.39, 0.29) is 24.8 Å². The Labute approximate surface area is 114 Å². The Hall–Kier alpha value is -2.77. The summed E-state index contributed by atoms with van der Waals surface area (Å²) in [6.45, 7) is -0.198. The van der Waals surface area contributed by atoms with Gasteiger partial charge in [-0.2, -0.15) is 4.80 Å². The van der Waals surface area contributed by atoms with Gasteiger partial charge < -0.3 is 10.0 Å². The van der Waals surface area contributed by atoms with Crippen molar-refractivity contribution in [3.8, 4) is 0 Å². The Kier molecular flexibility index (Phi) is 4.04. The maximum atomic E-state index is 12.1. The highest BCUT2D eigenvalue weighted by molar-refractivity contribution is 5.93. The van der Waals surface area contributed by atoms with Crippen molar-refractivity contribution in [3.05, 3.63) is 41.7 Å². The molecule has 2 aromatic rings. The molecule has 1 aromatic heterocycles. The molecule has 0 aliphatic carbocycles. The first-order valence-corrected chi connectivity index (χ1v) is 5.85. The molecule has 0 saturated carbocycles. The Morgan fingerprint density at radius 3 is 2.65 bits per heavy atom. The van der Waals surface area contributed by atoms with E-state index in [0.717, 1.165) is 4.80 Å². The third-order valence-electron chi connectivity index (χ3n) is 2.52. The van der Waals surface area contributed by atoms with Crippen LogP contribution in [0.4, 0.5) is 0 Å². The number of carbonyl (C=O) groups excluding carboxylic acids is 1. The average molecular weight is 275 g/mol. The normalized spacial score (nSPS) is 10.2. The number of carboxylic acids is 1. The number of hydrogen-bond donors (Lipinski definition) is 1. The van der Waals surface area contributed by atoms with Crippen LogP contribution in [-0.4, -0.2) is 49.1 Å². The molecule has 0 fully saturated rings. The molecular formula is C12H13N5O3. The highest BCUT2D eigenvalue weighted by Crippen LogP contribution is 2.05. The summed E-state index contributed by atoms with van der Waals surface area (Å²) in [5, 5.41) is 19.8. The van der Waals surface area contributed by atoms with E-state index >= 15 is 0 Å². The number of aromatic nitrogens is 4. The first kappa shape index (κ1) is 13.7. The minimum Gasteiger partial charge on any atom is -0.480 e. The number of benzene rings is 1. The summed E-state index contributed by atoms with van der Waals surface area (Å²) in [6, 6.07) is 8.82. The SMILES string of the molecule is CN(Cc1nnn(CC(=O)O)n1)C(=O)c1ccccc1. The highest BCUT2D eigenvalue weighted by atomic mass is 16.4. The maximum Gasteiger partial charge on any atom is 0.327 e. The number of carbonyl (C=O) groups is 2. The summed E-state index contributed by atoms with van der Waals surface area (Å²) < 4.78 is 0. The van der Waals surface area contributed by atoms with Gasteiger partial charge in [0.2, 0.25) is 0 Å². The molecule has 0 radical (unpaired) electrons. The number of tetrazole rings is 1. The van der Waals surface area contributed by atoms with Gasteiger partial charge in [-0.3, -0.25) is 9.59 Å². The minimum absolute atomic E-state index is 0.160. The van der Waals surface area contributed by atoms with Crippen molar-refractivity contribution in [1.29, 1.82) is 0 Å². The van der Waals surface area contributed by atoms with E-state index in [1.54, 1.807) is 31.3 Å². The molecule has 1 aromatic carbocycles. The van der Waals surface area contributed by atoms with Crippen LogP contribution in [0.1, 0.15) is 16.2 Å². The van der Waals surface area contributed by atoms with Crippen LogP contribution in [0.5, 0.6) is 0 Å². The molecule has 0 saturated heterocycles. The summed E-state index contributed by atoms with van der Waals surface area (Å²) >= 11 is 0. The molecule has 8 heteroatoms. The fraction of sp³-hybridized carbons (Fsp3) is 0.250. The molecule has 20 heavy (non-hydrogen) atoms. The van der Waals surface area contributed by atoms with Crippen LogP contribution >= 0.6 is 0 Å². The molecule has 2 rings (SSSR count). The summed E-state index contributed by atoms with van der Waals surface area (Å²) in [5.41, 5.74) is 0.563. The highest BCUT2D eigenvalue weighted by Gasteiger charge is 2.14. The Balaban J connectivity index is 2.01. The van der Waals surface area contributed by atoms with E-state index in [4.69, 9.17) is 5.11 Å². The van der Waals surface area contributed by atoms with Crippen LogP contribution in [0.15, 0.2) is 30.3 Å². The van der Waals surface area contributed by atoms with Gasteiger partial charge in [-0.05, 0) is 17.3 Å². The van der Waals surface area contributed by atoms with Crippen molar-refractivity contribution >= 4 is 11.9 Å². The third kappa shape index (κ3) is 3.37. The fourth-order valence-corrected chi connectivity index (χ4v) is 1.61. The second kappa shape index (κ2) is 5.91. The van der Waals surface area contributed by atoms with Gasteiger partial charge in [0, 0.05) is 12.6 Å². The standard InChI is InChI=1S/C12H13N5O3/c1-16(12(20)9-5-3-2-4-6-9)7-10-13-15-17(14-10)8-11(18)19/h2-6H,7-8H2,1H3,(H,18,19). The lowest BCUT2D eigenvalue weighted by Gasteiger charge is -2.14. The number of rotatable bonds is 5. The lowest BCUT2D eigenvalue weighted by atomic mass is 10.2. The maximum absolute atomic E-state index is 12.1. The molecule has 1 amide bonds. The molecule has 0 spiro atoms. The number of nitrogens with zero attached hydrogens (tertiary/aromatic N) is 5. The number of hydrogen-bond acceptors (Lipinski definition) is 5. The van der Waals surface area contributed by atoms with Crippen molar-refractivity contribution in [2.45, 2.75) is 13.1 Å². The first-order chi connectivity index (χ1) is 9.56. The van der Waals surface area contributed by atoms with Crippen molar-refractivity contribution in [2.24, 2.45) is 0 Å². The zero-order chi connectivity index (χ0) is 14.5. The second-order valence-corrected chi connectivity index (χ2v) is 4.16. The predicted molar refractivity (Wildman–Crippen MR) is 67.7 cm³/mol. The van der Waals surface area contributed by atoms with E-state index in [2.05, 4.69) is 15.4 Å². The third-order valence-corrected chi connectivity index (χ3v) is 2.52. The van der Waals surface area contributed by atoms with Crippen LogP contribution in [0.3, 0.4) is 0 Å². The molecule has 8 nitrogen and oxygen atoms in total. The average Bonchev–Trinajstić information content (AvgIpc) is 2.85. The Morgan fingerprint density at radius 2 is 2.00 bits per heavy atom. The van der Waals surface area contributed by atoms with Gasteiger partial charge in [0.05, 0.1) is 6.54 Å². The monoisotopic (exact) mass is 275 g/mol. The molecule has 104 valence electrons. The molecule has 0 unspecified atom stereocenters. The van der Waals surface area contributed by atoms with Gasteiger partial charge in [0.25, 0.3) is 5.91 Å². The van der Waals surface area contributed by atoms with Crippen LogP contribution in [0, 0.1) is 0 Å². The molecule has 0 bridgehead atoms. The van der Waals surface area contributed by atoms with E-state index < -0.39 is 5.97 Å². The molecule has 0 aliphatic rings. The molecule has 0 aliphatic heterocycles. The molecule has 1 heterocycles. The van der Waals surface area contributed by atoms with Gasteiger partial charge in [-0.25, -0.2) is 0 Å². The predicted octanol–water partition coefficient (Wildman–Crippen LogP) is 0.0299. The van der Waals surface area contributed by atoms with E-state index in [1.807, 2.05) is 6.07 Å². The van der Waals surface area contributed by atoms with Crippen LogP contribution < -0.4 is 0 Å². The molecule has 0 atom stereocenters. The summed E-state index contributed by atoms with van der Waals surface area (Å²) in [5.74, 6) is -0.930. The molecular weight excluding hydrogens is 262 g/mol. The first-order valence-electron chi connectivity index (χ1n) is 5.85. The Morgan fingerprint density at radius 1 is 1.30 bits per heavy atom. The van der Waals surface area contributed by atoms with E-state index in [9.17, 15) is 9.59 Å². The van der Waals surface area contributed by atoms with Crippen molar-refractivity contribution < 1.29 is 14.7 Å². The van der Waals surface area contributed by atoms with Gasteiger partial charge in [-0.1, -0.05) is 18.2 Å². The summed E-state index contributed by atoms with van der Waals surface area (Å²) in [4.78, 5) is 25.0. The van der Waals surface area contributed by atoms with Crippen LogP contribution in [0.2, 0.25) is 0 Å². The lowest BCUT2D eigenvalue weighted by molar-refractivity contribution is -0.138. The number of amides is 1. The zero-order valence-corrected chi connectivity index (χ0v) is 10.8. The van der Waals surface area contributed by atoms with Gasteiger partial charge in [0.15, 0.2) is 12.4 Å². The van der Waals surface area contributed by atoms with E-state index in [0.29, 0.717) is 5.56 Å². The lowest BCUT2D eigenvalue weighted by Crippen LogP contribution is -2.26. The van der Waals surface area contributed by atoms with Crippen LogP contribution in [-0.2, 0) is 17.9 Å². The van der Waals surface area contributed by atoms with Crippen molar-refractivity contribution in [2.75, 3.05) is 7.05 Å². The Bertz CT molecular complexity index is 611. The van der Waals surface area contributed by atoms with Crippen molar-refractivity contribution in [1.82, 2.24) is 25.1 Å². The van der Waals surface area contributed by atoms with Gasteiger partial charge >= 0.3 is 5.97 Å².